The topological polar surface area (TPSA) is 38.1 Å². The summed E-state index contributed by atoms with van der Waals surface area (Å²) in [5, 5.41) is 4.09. The van der Waals surface area contributed by atoms with Crippen LogP contribution in [0.4, 0.5) is 0 Å². The predicted octanol–water partition coefficient (Wildman–Crippen LogP) is 3.42. The molecule has 0 saturated heterocycles. The van der Waals surface area contributed by atoms with E-state index in [2.05, 4.69) is 10.3 Å². The van der Waals surface area contributed by atoms with Gasteiger partial charge < -0.3 is 9.73 Å². The Balaban J connectivity index is 2.60. The first-order valence-electron chi connectivity index (χ1n) is 4.54. The van der Waals surface area contributed by atoms with Gasteiger partial charge in [0, 0.05) is 5.02 Å². The van der Waals surface area contributed by atoms with Crippen molar-refractivity contribution in [1.29, 1.82) is 0 Å². The number of hydrogen-bond donors (Lipinski definition) is 1. The molecule has 1 atom stereocenters. The fourth-order valence-corrected chi connectivity index (χ4v) is 1.81. The molecule has 1 unspecified atom stereocenters. The Kier molecular flexibility index (Phi) is 2.87. The molecule has 0 radical (unpaired) electrons. The molecule has 0 aliphatic carbocycles. The molecule has 0 bridgehead atoms. The second-order valence-electron chi connectivity index (χ2n) is 3.30. The zero-order valence-corrected chi connectivity index (χ0v) is 9.86. The van der Waals surface area contributed by atoms with Crippen molar-refractivity contribution in [3.8, 4) is 0 Å². The van der Waals surface area contributed by atoms with Crippen LogP contribution in [0, 0.1) is 0 Å². The Morgan fingerprint density at radius 3 is 2.80 bits per heavy atom. The van der Waals surface area contributed by atoms with Crippen LogP contribution < -0.4 is 5.32 Å². The van der Waals surface area contributed by atoms with Gasteiger partial charge in [0.05, 0.1) is 11.1 Å². The summed E-state index contributed by atoms with van der Waals surface area (Å²) >= 11 is 11.8. The molecule has 0 amide bonds. The number of oxazole rings is 1. The molecule has 80 valence electrons. The smallest absolute Gasteiger partial charge is 0.212 e. The second-order valence-corrected chi connectivity index (χ2v) is 4.14. The maximum atomic E-state index is 5.98. The van der Waals surface area contributed by atoms with E-state index in [0.717, 1.165) is 0 Å². The molecule has 0 fully saturated rings. The summed E-state index contributed by atoms with van der Waals surface area (Å²) < 4.78 is 5.54. The van der Waals surface area contributed by atoms with Crippen LogP contribution in [0.3, 0.4) is 0 Å². The number of aromatic nitrogens is 1. The lowest BCUT2D eigenvalue weighted by Gasteiger charge is -2.02. The summed E-state index contributed by atoms with van der Waals surface area (Å²) in [5.41, 5.74) is 1.27. The third-order valence-corrected chi connectivity index (χ3v) is 2.73. The number of nitrogens with zero attached hydrogens (tertiary/aromatic N) is 1. The predicted molar refractivity (Wildman–Crippen MR) is 61.5 cm³/mol. The van der Waals surface area contributed by atoms with E-state index < -0.39 is 0 Å². The van der Waals surface area contributed by atoms with Gasteiger partial charge in [0.25, 0.3) is 0 Å². The molecule has 1 heterocycles. The van der Waals surface area contributed by atoms with Crippen molar-refractivity contribution in [3.05, 3.63) is 28.1 Å². The third-order valence-electron chi connectivity index (χ3n) is 2.23. The SMILES string of the molecule is CNC(C)c1nc2cc(Cl)cc(Cl)c2o1. The normalized spacial score (nSPS) is 13.3. The van der Waals surface area contributed by atoms with E-state index in [1.54, 1.807) is 12.1 Å². The van der Waals surface area contributed by atoms with Gasteiger partial charge in [-0.1, -0.05) is 23.2 Å². The van der Waals surface area contributed by atoms with Gasteiger partial charge in [0.1, 0.15) is 5.52 Å². The maximum Gasteiger partial charge on any atom is 0.212 e. The molecule has 2 rings (SSSR count). The monoisotopic (exact) mass is 244 g/mol. The first kappa shape index (κ1) is 10.7. The summed E-state index contributed by atoms with van der Waals surface area (Å²) in [6, 6.07) is 3.43. The number of benzene rings is 1. The number of halogens is 2. The largest absolute Gasteiger partial charge is 0.437 e. The van der Waals surface area contributed by atoms with E-state index in [-0.39, 0.29) is 6.04 Å². The highest BCUT2D eigenvalue weighted by Crippen LogP contribution is 2.29. The molecular formula is C10H10Cl2N2O. The van der Waals surface area contributed by atoms with Gasteiger partial charge in [0.15, 0.2) is 5.58 Å². The van der Waals surface area contributed by atoms with Crippen molar-refractivity contribution in [3.63, 3.8) is 0 Å². The highest BCUT2D eigenvalue weighted by atomic mass is 35.5. The Morgan fingerprint density at radius 1 is 1.40 bits per heavy atom. The van der Waals surface area contributed by atoms with E-state index in [0.29, 0.717) is 27.0 Å². The minimum Gasteiger partial charge on any atom is -0.437 e. The van der Waals surface area contributed by atoms with E-state index >= 15 is 0 Å². The van der Waals surface area contributed by atoms with Gasteiger partial charge in [-0.15, -0.1) is 0 Å². The minimum atomic E-state index is 0.0484. The average molecular weight is 245 g/mol. The molecule has 1 aromatic carbocycles. The van der Waals surface area contributed by atoms with Crippen LogP contribution in [0.15, 0.2) is 16.5 Å². The summed E-state index contributed by atoms with van der Waals surface area (Å²) in [6.45, 7) is 1.96. The lowest BCUT2D eigenvalue weighted by atomic mass is 10.3. The molecule has 1 N–H and O–H groups in total. The van der Waals surface area contributed by atoms with E-state index in [4.69, 9.17) is 27.6 Å². The van der Waals surface area contributed by atoms with Crippen LogP contribution in [0.5, 0.6) is 0 Å². The molecule has 0 saturated carbocycles. The van der Waals surface area contributed by atoms with Crippen LogP contribution in [0.2, 0.25) is 10.0 Å². The van der Waals surface area contributed by atoms with Gasteiger partial charge in [-0.3, -0.25) is 0 Å². The van der Waals surface area contributed by atoms with Crippen molar-refractivity contribution < 1.29 is 4.42 Å². The first-order valence-corrected chi connectivity index (χ1v) is 5.30. The number of fused-ring (bicyclic) bond motifs is 1. The first-order chi connectivity index (χ1) is 7.11. The lowest BCUT2D eigenvalue weighted by molar-refractivity contribution is 0.456. The quantitative estimate of drug-likeness (QED) is 0.880. The molecule has 0 aliphatic heterocycles. The fourth-order valence-electron chi connectivity index (χ4n) is 1.29. The number of rotatable bonds is 2. The lowest BCUT2D eigenvalue weighted by Crippen LogP contribution is -2.12. The molecule has 1 aromatic heterocycles. The van der Waals surface area contributed by atoms with Gasteiger partial charge in [-0.2, -0.15) is 0 Å². The summed E-state index contributed by atoms with van der Waals surface area (Å²) in [5.74, 6) is 0.608. The summed E-state index contributed by atoms with van der Waals surface area (Å²) in [7, 11) is 1.84. The Labute approximate surface area is 97.4 Å². The van der Waals surface area contributed by atoms with Crippen LogP contribution in [-0.4, -0.2) is 12.0 Å². The highest BCUT2D eigenvalue weighted by Gasteiger charge is 2.14. The minimum absolute atomic E-state index is 0.0484. The molecule has 0 aliphatic rings. The Bertz CT molecular complexity index is 495. The zero-order chi connectivity index (χ0) is 11.0. The van der Waals surface area contributed by atoms with Gasteiger partial charge in [0.2, 0.25) is 5.89 Å². The van der Waals surface area contributed by atoms with E-state index in [1.165, 1.54) is 0 Å². The second kappa shape index (κ2) is 4.00. The Hall–Kier alpha value is -0.770. The van der Waals surface area contributed by atoms with Crippen LogP contribution in [0.25, 0.3) is 11.1 Å². The van der Waals surface area contributed by atoms with Crippen LogP contribution >= 0.6 is 23.2 Å². The molecule has 15 heavy (non-hydrogen) atoms. The highest BCUT2D eigenvalue weighted by molar-refractivity contribution is 6.37. The molecular weight excluding hydrogens is 235 g/mol. The van der Waals surface area contributed by atoms with Gasteiger partial charge in [-0.25, -0.2) is 4.98 Å². The number of hydrogen-bond acceptors (Lipinski definition) is 3. The molecule has 3 nitrogen and oxygen atoms in total. The third kappa shape index (κ3) is 1.95. The Morgan fingerprint density at radius 2 is 2.13 bits per heavy atom. The van der Waals surface area contributed by atoms with Crippen molar-refractivity contribution in [2.75, 3.05) is 7.05 Å². The van der Waals surface area contributed by atoms with Crippen molar-refractivity contribution in [1.82, 2.24) is 10.3 Å². The van der Waals surface area contributed by atoms with Crippen molar-refractivity contribution in [2.45, 2.75) is 13.0 Å². The molecule has 5 heteroatoms. The van der Waals surface area contributed by atoms with Crippen LogP contribution in [-0.2, 0) is 0 Å². The zero-order valence-electron chi connectivity index (χ0n) is 8.34. The van der Waals surface area contributed by atoms with E-state index in [9.17, 15) is 0 Å². The van der Waals surface area contributed by atoms with Gasteiger partial charge in [-0.05, 0) is 26.1 Å². The summed E-state index contributed by atoms with van der Waals surface area (Å²) in [6.07, 6.45) is 0. The van der Waals surface area contributed by atoms with Crippen LogP contribution in [0.1, 0.15) is 18.9 Å². The van der Waals surface area contributed by atoms with Crippen molar-refractivity contribution >= 4 is 34.3 Å². The van der Waals surface area contributed by atoms with Gasteiger partial charge >= 0.3 is 0 Å². The summed E-state index contributed by atoms with van der Waals surface area (Å²) in [4.78, 5) is 4.31. The van der Waals surface area contributed by atoms with Crippen molar-refractivity contribution in [2.24, 2.45) is 0 Å². The standard InChI is InChI=1S/C10H10Cl2N2O/c1-5(13-2)10-14-8-4-6(11)3-7(12)9(8)15-10/h3-5,13H,1-2H3. The fraction of sp³-hybridized carbons (Fsp3) is 0.300. The number of nitrogens with one attached hydrogen (secondary N) is 1. The average Bonchev–Trinajstić information content (AvgIpc) is 2.60. The van der Waals surface area contributed by atoms with E-state index in [1.807, 2.05) is 14.0 Å². The molecule has 2 aromatic rings. The molecule has 0 spiro atoms. The maximum absolute atomic E-state index is 5.98.